The molecule has 0 bridgehead atoms. The molecule has 18 heavy (non-hydrogen) atoms. The fourth-order valence-corrected chi connectivity index (χ4v) is 3.19. The van der Waals surface area contributed by atoms with Crippen molar-refractivity contribution in [3.63, 3.8) is 0 Å². The molecular formula is C11H11NO5S. The van der Waals surface area contributed by atoms with Gasteiger partial charge in [0, 0.05) is 11.6 Å². The van der Waals surface area contributed by atoms with Crippen LogP contribution in [0.15, 0.2) is 23.1 Å². The van der Waals surface area contributed by atoms with Gasteiger partial charge in [-0.05, 0) is 19.1 Å². The van der Waals surface area contributed by atoms with Gasteiger partial charge in [0.2, 0.25) is 10.0 Å². The molecule has 6 nitrogen and oxygen atoms in total. The number of benzene rings is 1. The van der Waals surface area contributed by atoms with Gasteiger partial charge in [0.1, 0.15) is 11.8 Å². The van der Waals surface area contributed by atoms with Crippen LogP contribution in [0.1, 0.15) is 17.3 Å². The highest BCUT2D eigenvalue weighted by molar-refractivity contribution is 7.89. The maximum Gasteiger partial charge on any atom is 0.242 e. The second-order valence-corrected chi connectivity index (χ2v) is 5.57. The summed E-state index contributed by atoms with van der Waals surface area (Å²) >= 11 is 0. The average Bonchev–Trinajstić information content (AvgIpc) is 2.33. The lowest BCUT2D eigenvalue weighted by molar-refractivity contribution is -0.117. The highest BCUT2D eigenvalue weighted by Gasteiger charge is 2.38. The van der Waals surface area contributed by atoms with Gasteiger partial charge >= 0.3 is 0 Å². The summed E-state index contributed by atoms with van der Waals surface area (Å²) in [6.07, 6.45) is 0. The van der Waals surface area contributed by atoms with E-state index in [0.717, 1.165) is 0 Å². The van der Waals surface area contributed by atoms with Crippen molar-refractivity contribution in [1.29, 1.82) is 0 Å². The van der Waals surface area contributed by atoms with Crippen molar-refractivity contribution < 1.29 is 22.7 Å². The molecule has 7 heteroatoms. The number of fused-ring (bicyclic) bond motifs is 1. The van der Waals surface area contributed by atoms with Crippen LogP contribution < -0.4 is 9.46 Å². The summed E-state index contributed by atoms with van der Waals surface area (Å²) in [4.78, 5) is 23.1. The Labute approximate surface area is 104 Å². The van der Waals surface area contributed by atoms with E-state index in [1.54, 1.807) is 0 Å². The van der Waals surface area contributed by atoms with E-state index in [0.29, 0.717) is 5.75 Å². The molecule has 0 aliphatic carbocycles. The second-order valence-electron chi connectivity index (χ2n) is 3.89. The summed E-state index contributed by atoms with van der Waals surface area (Å²) in [5.41, 5.74) is 0.00903. The number of nitrogens with one attached hydrogen (secondary N) is 1. The van der Waals surface area contributed by atoms with Crippen LogP contribution in [-0.2, 0) is 14.8 Å². The lowest BCUT2D eigenvalue weighted by Gasteiger charge is -2.23. The van der Waals surface area contributed by atoms with Crippen LogP contribution in [0.2, 0.25) is 0 Å². The van der Waals surface area contributed by atoms with Crippen LogP contribution in [0, 0.1) is 0 Å². The first-order valence-electron chi connectivity index (χ1n) is 5.12. The maximum absolute atomic E-state index is 12.0. The summed E-state index contributed by atoms with van der Waals surface area (Å²) in [5, 5.41) is 0. The van der Waals surface area contributed by atoms with E-state index in [-0.39, 0.29) is 10.5 Å². The molecule has 1 aliphatic rings. The smallest absolute Gasteiger partial charge is 0.242 e. The molecule has 1 aromatic carbocycles. The number of sulfonamides is 1. The second kappa shape index (κ2) is 4.18. The normalized spacial score (nSPS) is 21.2. The van der Waals surface area contributed by atoms with Crippen molar-refractivity contribution in [2.24, 2.45) is 0 Å². The van der Waals surface area contributed by atoms with Crippen LogP contribution in [0.25, 0.3) is 0 Å². The Morgan fingerprint density at radius 1 is 1.39 bits per heavy atom. The lowest BCUT2D eigenvalue weighted by atomic mass is 10.0. The van der Waals surface area contributed by atoms with E-state index in [1.807, 2.05) is 0 Å². The van der Waals surface area contributed by atoms with Crippen LogP contribution in [-0.4, -0.2) is 33.1 Å². The zero-order chi connectivity index (χ0) is 13.5. The first kappa shape index (κ1) is 12.7. The summed E-state index contributed by atoms with van der Waals surface area (Å²) in [7, 11) is -2.48. The third-order valence-corrected chi connectivity index (χ3v) is 4.15. The molecule has 0 saturated heterocycles. The Bertz CT molecular complexity index is 635. The highest BCUT2D eigenvalue weighted by Crippen LogP contribution is 2.27. The van der Waals surface area contributed by atoms with Gasteiger partial charge in [-0.3, -0.25) is 9.59 Å². The monoisotopic (exact) mass is 269 g/mol. The Kier molecular flexibility index (Phi) is 2.95. The zero-order valence-corrected chi connectivity index (χ0v) is 10.6. The van der Waals surface area contributed by atoms with Crippen molar-refractivity contribution >= 4 is 21.6 Å². The van der Waals surface area contributed by atoms with Gasteiger partial charge in [0.25, 0.3) is 0 Å². The van der Waals surface area contributed by atoms with E-state index in [4.69, 9.17) is 4.74 Å². The van der Waals surface area contributed by atoms with Crippen molar-refractivity contribution in [3.8, 4) is 5.75 Å². The highest BCUT2D eigenvalue weighted by atomic mass is 32.2. The minimum atomic E-state index is -3.87. The van der Waals surface area contributed by atoms with Crippen molar-refractivity contribution in [3.05, 3.63) is 23.8 Å². The van der Waals surface area contributed by atoms with Gasteiger partial charge in [-0.15, -0.1) is 0 Å². The molecular weight excluding hydrogens is 258 g/mol. The van der Waals surface area contributed by atoms with Crippen LogP contribution in [0.5, 0.6) is 5.75 Å². The van der Waals surface area contributed by atoms with E-state index >= 15 is 0 Å². The average molecular weight is 269 g/mol. The number of rotatable bonds is 2. The molecule has 1 atom stereocenters. The van der Waals surface area contributed by atoms with Crippen molar-refractivity contribution in [1.82, 2.24) is 4.72 Å². The third-order valence-electron chi connectivity index (χ3n) is 2.69. The SMILES string of the molecule is COc1ccc2c(c1)S(=O)(=O)NC(C(C)=O)C2=O. The van der Waals surface area contributed by atoms with Gasteiger partial charge in [0.05, 0.1) is 12.0 Å². The number of ketones is 2. The molecule has 1 aromatic rings. The number of carbonyl (C=O) groups is 2. The fourth-order valence-electron chi connectivity index (χ4n) is 1.75. The molecule has 1 unspecified atom stereocenters. The molecule has 1 aliphatic heterocycles. The van der Waals surface area contributed by atoms with Gasteiger partial charge in [-0.2, -0.15) is 4.72 Å². The Morgan fingerprint density at radius 3 is 2.61 bits per heavy atom. The first-order valence-corrected chi connectivity index (χ1v) is 6.60. The van der Waals surface area contributed by atoms with E-state index in [1.165, 1.54) is 32.2 Å². The predicted octanol–water partition coefficient (Wildman–Crippen LogP) is 0.127. The number of hydrogen-bond donors (Lipinski definition) is 1. The minimum absolute atomic E-state index is 0.00903. The number of Topliss-reactive ketones (excluding diaryl/α,β-unsaturated/α-hetero) is 2. The van der Waals surface area contributed by atoms with Gasteiger partial charge < -0.3 is 4.74 Å². The quantitative estimate of drug-likeness (QED) is 0.771. The lowest BCUT2D eigenvalue weighted by Crippen LogP contribution is -2.49. The molecule has 2 rings (SSSR count). The van der Waals surface area contributed by atoms with Crippen LogP contribution in [0.3, 0.4) is 0 Å². The van der Waals surface area contributed by atoms with E-state index < -0.39 is 27.6 Å². The number of hydrogen-bond acceptors (Lipinski definition) is 5. The molecule has 0 radical (unpaired) electrons. The minimum Gasteiger partial charge on any atom is -0.497 e. The number of methoxy groups -OCH3 is 1. The number of carbonyl (C=O) groups excluding carboxylic acids is 2. The molecule has 0 amide bonds. The Morgan fingerprint density at radius 2 is 2.06 bits per heavy atom. The Balaban J connectivity index is 2.66. The van der Waals surface area contributed by atoms with Crippen molar-refractivity contribution in [2.45, 2.75) is 17.9 Å². The van der Waals surface area contributed by atoms with Crippen LogP contribution in [0.4, 0.5) is 0 Å². The molecule has 0 spiro atoms. The van der Waals surface area contributed by atoms with Gasteiger partial charge in [0.15, 0.2) is 11.6 Å². The molecule has 1 N–H and O–H groups in total. The molecule has 0 saturated carbocycles. The summed E-state index contributed by atoms with van der Waals surface area (Å²) in [6, 6.07) is 2.75. The largest absolute Gasteiger partial charge is 0.497 e. The zero-order valence-electron chi connectivity index (χ0n) is 9.76. The molecule has 0 fully saturated rings. The van der Waals surface area contributed by atoms with Crippen molar-refractivity contribution in [2.75, 3.05) is 7.11 Å². The first-order chi connectivity index (χ1) is 8.36. The van der Waals surface area contributed by atoms with E-state index in [2.05, 4.69) is 4.72 Å². The standard InChI is InChI=1S/C11H11NO5S/c1-6(13)10-11(14)8-4-3-7(17-2)5-9(8)18(15,16)12-10/h3-5,10,12H,1-2H3. The number of ether oxygens (including phenoxy) is 1. The maximum atomic E-state index is 12.0. The molecule has 96 valence electrons. The summed E-state index contributed by atoms with van der Waals surface area (Å²) in [6.45, 7) is 1.17. The van der Waals surface area contributed by atoms with Gasteiger partial charge in [-0.25, -0.2) is 8.42 Å². The summed E-state index contributed by atoms with van der Waals surface area (Å²) in [5.74, 6) is -0.756. The Hall–Kier alpha value is -1.73. The predicted molar refractivity (Wildman–Crippen MR) is 62.1 cm³/mol. The summed E-state index contributed by atoms with van der Waals surface area (Å²) < 4.78 is 30.8. The van der Waals surface area contributed by atoms with E-state index in [9.17, 15) is 18.0 Å². The van der Waals surface area contributed by atoms with Crippen LogP contribution >= 0.6 is 0 Å². The topological polar surface area (TPSA) is 89.5 Å². The van der Waals surface area contributed by atoms with Gasteiger partial charge in [-0.1, -0.05) is 0 Å². The fraction of sp³-hybridized carbons (Fsp3) is 0.273. The molecule has 1 heterocycles. The molecule has 0 aromatic heterocycles. The third kappa shape index (κ3) is 1.91.